The highest BCUT2D eigenvalue weighted by molar-refractivity contribution is 7.98. The van der Waals surface area contributed by atoms with Crippen molar-refractivity contribution in [2.45, 2.75) is 11.8 Å². The third kappa shape index (κ3) is 3.04. The molecule has 0 aliphatic rings. The van der Waals surface area contributed by atoms with Gasteiger partial charge in [0.05, 0.1) is 16.8 Å². The number of fused-ring (bicyclic) bond motifs is 2. The van der Waals surface area contributed by atoms with Gasteiger partial charge in [-0.15, -0.1) is 11.8 Å². The predicted octanol–water partition coefficient (Wildman–Crippen LogP) is 5.42. The summed E-state index contributed by atoms with van der Waals surface area (Å²) in [7, 11) is 0. The number of hydrogen-bond donors (Lipinski definition) is 1. The summed E-state index contributed by atoms with van der Waals surface area (Å²) in [6.07, 6.45) is 2.01. The van der Waals surface area contributed by atoms with Gasteiger partial charge in [-0.25, -0.2) is 4.98 Å². The van der Waals surface area contributed by atoms with E-state index in [-0.39, 0.29) is 11.7 Å². The molecule has 2 heterocycles. The minimum absolute atomic E-state index is 0.233. The maximum Gasteiger partial charge on any atom is 0.293 e. The Balaban J connectivity index is 1.64. The highest BCUT2D eigenvalue weighted by Crippen LogP contribution is 2.33. The van der Waals surface area contributed by atoms with Crippen LogP contribution >= 0.6 is 23.1 Å². The fourth-order valence-corrected chi connectivity index (χ4v) is 4.23. The van der Waals surface area contributed by atoms with E-state index in [1.165, 1.54) is 11.3 Å². The van der Waals surface area contributed by atoms with Crippen LogP contribution in [0.5, 0.6) is 5.75 Å². The van der Waals surface area contributed by atoms with Crippen molar-refractivity contribution in [1.82, 2.24) is 4.98 Å². The van der Waals surface area contributed by atoms with Crippen LogP contribution in [0.2, 0.25) is 0 Å². The Morgan fingerprint density at radius 2 is 2.15 bits per heavy atom. The molecule has 5 nitrogen and oxygen atoms in total. The molecule has 0 fully saturated rings. The molecular weight excluding hydrogens is 368 g/mol. The molecule has 2 aromatic heterocycles. The second-order valence-electron chi connectivity index (χ2n) is 5.50. The number of thioether (sulfide) groups is 1. The fraction of sp³-hybridized carbons (Fsp3) is 0.158. The number of anilines is 1. The zero-order valence-electron chi connectivity index (χ0n) is 14.2. The molecule has 4 aromatic rings. The van der Waals surface area contributed by atoms with Gasteiger partial charge in [0.1, 0.15) is 0 Å². The number of nitrogens with zero attached hydrogens (tertiary/aromatic N) is 1. The Kier molecular flexibility index (Phi) is 4.57. The van der Waals surface area contributed by atoms with E-state index < -0.39 is 0 Å². The second kappa shape index (κ2) is 7.01. The number of carbonyl (C=O) groups is 1. The number of thiazole rings is 1. The molecular formula is C19H16N2O3S2. The fourth-order valence-electron chi connectivity index (χ4n) is 2.72. The van der Waals surface area contributed by atoms with Crippen LogP contribution in [0.25, 0.3) is 21.2 Å². The Morgan fingerprint density at radius 1 is 1.31 bits per heavy atom. The maximum atomic E-state index is 12.6. The van der Waals surface area contributed by atoms with E-state index in [0.29, 0.717) is 23.1 Å². The van der Waals surface area contributed by atoms with E-state index in [1.807, 2.05) is 49.6 Å². The summed E-state index contributed by atoms with van der Waals surface area (Å²) < 4.78 is 12.3. The topological polar surface area (TPSA) is 64.4 Å². The van der Waals surface area contributed by atoms with E-state index in [4.69, 9.17) is 9.15 Å². The van der Waals surface area contributed by atoms with Gasteiger partial charge in [-0.3, -0.25) is 10.1 Å². The van der Waals surface area contributed by atoms with Crippen molar-refractivity contribution < 1.29 is 13.9 Å². The average molecular weight is 384 g/mol. The number of nitrogens with one attached hydrogen (secondary N) is 1. The molecule has 0 saturated heterocycles. The molecule has 1 amide bonds. The molecule has 7 heteroatoms. The van der Waals surface area contributed by atoms with Crippen LogP contribution in [0.1, 0.15) is 17.5 Å². The molecule has 0 unspecified atom stereocenters. The summed E-state index contributed by atoms with van der Waals surface area (Å²) in [6, 6.07) is 13.3. The van der Waals surface area contributed by atoms with Gasteiger partial charge in [0, 0.05) is 10.3 Å². The highest BCUT2D eigenvalue weighted by atomic mass is 32.2. The summed E-state index contributed by atoms with van der Waals surface area (Å²) in [6.45, 7) is 2.44. The molecule has 0 aliphatic heterocycles. The quantitative estimate of drug-likeness (QED) is 0.466. The first-order valence-corrected chi connectivity index (χ1v) is 10.1. The van der Waals surface area contributed by atoms with E-state index >= 15 is 0 Å². The van der Waals surface area contributed by atoms with Gasteiger partial charge in [0.15, 0.2) is 22.2 Å². The Bertz CT molecular complexity index is 1100. The standard InChI is InChI=1S/C19H16N2O3S2/c1-3-23-12-7-4-6-11-10-13(24-17(11)12)18(22)21-19-20-16-14(25-2)8-5-9-15(16)26-19/h4-10H,3H2,1-2H3,(H,20,21,22). The Morgan fingerprint density at radius 3 is 2.96 bits per heavy atom. The van der Waals surface area contributed by atoms with Crippen molar-refractivity contribution >= 4 is 55.3 Å². The number of aromatic nitrogens is 1. The first-order valence-electron chi connectivity index (χ1n) is 8.10. The number of ether oxygens (including phenoxy) is 1. The van der Waals surface area contributed by atoms with Crippen molar-refractivity contribution in [3.05, 3.63) is 48.2 Å². The summed E-state index contributed by atoms with van der Waals surface area (Å²) in [5, 5.41) is 4.22. The van der Waals surface area contributed by atoms with Crippen molar-refractivity contribution in [1.29, 1.82) is 0 Å². The zero-order chi connectivity index (χ0) is 18.1. The summed E-state index contributed by atoms with van der Waals surface area (Å²) in [4.78, 5) is 18.2. The molecule has 26 heavy (non-hydrogen) atoms. The molecule has 0 bridgehead atoms. The van der Waals surface area contributed by atoms with Crippen LogP contribution in [-0.2, 0) is 0 Å². The van der Waals surface area contributed by atoms with Gasteiger partial charge in [0.25, 0.3) is 5.91 Å². The lowest BCUT2D eigenvalue weighted by molar-refractivity contribution is 0.0998. The molecule has 0 aliphatic carbocycles. The number of rotatable bonds is 5. The third-order valence-electron chi connectivity index (χ3n) is 3.85. The number of para-hydroxylation sites is 2. The van der Waals surface area contributed by atoms with Gasteiger partial charge in [-0.05, 0) is 37.4 Å². The molecule has 0 saturated carbocycles. The Labute approximate surface area is 158 Å². The predicted molar refractivity (Wildman–Crippen MR) is 107 cm³/mol. The lowest BCUT2D eigenvalue weighted by atomic mass is 10.2. The van der Waals surface area contributed by atoms with Gasteiger partial charge in [-0.2, -0.15) is 0 Å². The molecule has 132 valence electrons. The van der Waals surface area contributed by atoms with E-state index in [1.54, 1.807) is 17.8 Å². The van der Waals surface area contributed by atoms with Gasteiger partial charge in [-0.1, -0.05) is 29.5 Å². The summed E-state index contributed by atoms with van der Waals surface area (Å²) in [5.41, 5.74) is 1.48. The third-order valence-corrected chi connectivity index (χ3v) is 5.56. The lowest BCUT2D eigenvalue weighted by Crippen LogP contribution is -2.10. The monoisotopic (exact) mass is 384 g/mol. The van der Waals surface area contributed by atoms with Crippen molar-refractivity contribution in [3.63, 3.8) is 0 Å². The summed E-state index contributed by atoms with van der Waals surface area (Å²) >= 11 is 3.08. The lowest BCUT2D eigenvalue weighted by Gasteiger charge is -2.02. The van der Waals surface area contributed by atoms with Gasteiger partial charge >= 0.3 is 0 Å². The van der Waals surface area contributed by atoms with Gasteiger partial charge in [0.2, 0.25) is 0 Å². The smallest absolute Gasteiger partial charge is 0.293 e. The first kappa shape index (κ1) is 16.9. The normalized spacial score (nSPS) is 11.2. The highest BCUT2D eigenvalue weighted by Gasteiger charge is 2.17. The van der Waals surface area contributed by atoms with Crippen molar-refractivity contribution in [2.24, 2.45) is 0 Å². The van der Waals surface area contributed by atoms with Crippen LogP contribution in [0.15, 0.2) is 51.8 Å². The SMILES string of the molecule is CCOc1cccc2cc(C(=O)Nc3nc4c(SC)cccc4s3)oc12. The van der Waals surface area contributed by atoms with Crippen LogP contribution < -0.4 is 10.1 Å². The van der Waals surface area contributed by atoms with Crippen LogP contribution in [0, 0.1) is 0 Å². The number of amides is 1. The Hall–Kier alpha value is -2.51. The average Bonchev–Trinajstić information content (AvgIpc) is 3.25. The van der Waals surface area contributed by atoms with Crippen LogP contribution in [0.3, 0.4) is 0 Å². The van der Waals surface area contributed by atoms with Gasteiger partial charge < -0.3 is 9.15 Å². The first-order chi connectivity index (χ1) is 12.7. The van der Waals surface area contributed by atoms with Crippen molar-refractivity contribution in [3.8, 4) is 5.75 Å². The van der Waals surface area contributed by atoms with E-state index in [9.17, 15) is 4.79 Å². The second-order valence-corrected chi connectivity index (χ2v) is 7.38. The number of benzene rings is 2. The molecule has 2 aromatic carbocycles. The molecule has 0 atom stereocenters. The molecule has 0 radical (unpaired) electrons. The minimum Gasteiger partial charge on any atom is -0.490 e. The maximum absolute atomic E-state index is 12.6. The van der Waals surface area contributed by atoms with E-state index in [2.05, 4.69) is 10.3 Å². The number of carbonyl (C=O) groups excluding carboxylic acids is 1. The number of hydrogen-bond acceptors (Lipinski definition) is 6. The number of furan rings is 1. The largest absolute Gasteiger partial charge is 0.490 e. The minimum atomic E-state index is -0.326. The van der Waals surface area contributed by atoms with Crippen LogP contribution in [0.4, 0.5) is 5.13 Å². The van der Waals surface area contributed by atoms with E-state index in [0.717, 1.165) is 20.5 Å². The summed E-state index contributed by atoms with van der Waals surface area (Å²) in [5.74, 6) is 0.540. The molecule has 1 N–H and O–H groups in total. The zero-order valence-corrected chi connectivity index (χ0v) is 15.9. The van der Waals surface area contributed by atoms with Crippen molar-refractivity contribution in [2.75, 3.05) is 18.2 Å². The van der Waals surface area contributed by atoms with Crippen LogP contribution in [-0.4, -0.2) is 23.8 Å². The molecule has 0 spiro atoms. The molecule has 4 rings (SSSR count).